The lowest BCUT2D eigenvalue weighted by Crippen LogP contribution is -2.61. The van der Waals surface area contributed by atoms with E-state index in [1.54, 1.807) is 20.8 Å². The Bertz CT molecular complexity index is 470. The molecule has 2 aliphatic rings. The molecule has 0 aliphatic carbocycles. The molecule has 0 saturated carbocycles. The van der Waals surface area contributed by atoms with E-state index < -0.39 is 73.6 Å². The van der Waals surface area contributed by atoms with Gasteiger partial charge in [-0.2, -0.15) is 0 Å². The summed E-state index contributed by atoms with van der Waals surface area (Å²) in [5, 5.41) is 68.7. The second kappa shape index (κ2) is 8.93. The molecular formula is C16H30O11. The molecule has 10 unspecified atom stereocenters. The van der Waals surface area contributed by atoms with Gasteiger partial charge in [-0.1, -0.05) is 0 Å². The molecule has 27 heavy (non-hydrogen) atoms. The van der Waals surface area contributed by atoms with Gasteiger partial charge in [-0.25, -0.2) is 0 Å². The van der Waals surface area contributed by atoms with Crippen LogP contribution in [-0.4, -0.2) is 116 Å². The SMILES string of the molecule is CC(C)(C)OCC1OC(OCC2OC(O)C(O)C(O)C2O)C(O)C(O)C1O. The van der Waals surface area contributed by atoms with E-state index in [0.717, 1.165) is 0 Å². The monoisotopic (exact) mass is 398 g/mol. The van der Waals surface area contributed by atoms with Crippen molar-refractivity contribution in [2.24, 2.45) is 0 Å². The fourth-order valence-electron chi connectivity index (χ4n) is 2.78. The Kier molecular flexibility index (Phi) is 7.55. The van der Waals surface area contributed by atoms with Crippen LogP contribution in [0, 0.1) is 0 Å². The highest BCUT2D eigenvalue weighted by atomic mass is 16.7. The Labute approximate surface area is 156 Å². The highest BCUT2D eigenvalue weighted by Crippen LogP contribution is 2.25. The largest absolute Gasteiger partial charge is 0.387 e. The fraction of sp³-hybridized carbons (Fsp3) is 1.00. The van der Waals surface area contributed by atoms with Crippen molar-refractivity contribution in [3.05, 3.63) is 0 Å². The Morgan fingerprint density at radius 2 is 1.19 bits per heavy atom. The number of aliphatic hydroxyl groups is 7. The number of aliphatic hydroxyl groups excluding tert-OH is 7. The molecule has 0 spiro atoms. The molecule has 2 fully saturated rings. The third-order valence-corrected chi connectivity index (χ3v) is 4.46. The molecule has 0 aromatic carbocycles. The van der Waals surface area contributed by atoms with Gasteiger partial charge in [0.1, 0.15) is 48.8 Å². The topological polar surface area (TPSA) is 179 Å². The van der Waals surface area contributed by atoms with Crippen molar-refractivity contribution in [1.82, 2.24) is 0 Å². The van der Waals surface area contributed by atoms with Gasteiger partial charge < -0.3 is 54.7 Å². The average molecular weight is 398 g/mol. The van der Waals surface area contributed by atoms with Crippen molar-refractivity contribution in [3.8, 4) is 0 Å². The minimum absolute atomic E-state index is 0.0690. The van der Waals surface area contributed by atoms with Crippen molar-refractivity contribution < 1.29 is 54.7 Å². The zero-order valence-electron chi connectivity index (χ0n) is 15.5. The normalized spacial score (nSPS) is 46.4. The van der Waals surface area contributed by atoms with Gasteiger partial charge in [0.15, 0.2) is 12.6 Å². The van der Waals surface area contributed by atoms with Crippen LogP contribution in [0.15, 0.2) is 0 Å². The molecule has 0 amide bonds. The van der Waals surface area contributed by atoms with Crippen molar-refractivity contribution in [1.29, 1.82) is 0 Å². The van der Waals surface area contributed by atoms with Crippen LogP contribution in [0.4, 0.5) is 0 Å². The molecule has 10 atom stereocenters. The van der Waals surface area contributed by atoms with Gasteiger partial charge in [0.05, 0.1) is 18.8 Å². The van der Waals surface area contributed by atoms with Gasteiger partial charge >= 0.3 is 0 Å². The van der Waals surface area contributed by atoms with Crippen molar-refractivity contribution in [2.75, 3.05) is 13.2 Å². The molecule has 0 bridgehead atoms. The Morgan fingerprint density at radius 1 is 0.667 bits per heavy atom. The summed E-state index contributed by atoms with van der Waals surface area (Å²) in [5.41, 5.74) is -0.520. The van der Waals surface area contributed by atoms with E-state index in [-0.39, 0.29) is 6.61 Å². The first-order chi connectivity index (χ1) is 12.4. The summed E-state index contributed by atoms with van der Waals surface area (Å²) in [4.78, 5) is 0. The molecule has 160 valence electrons. The van der Waals surface area contributed by atoms with Crippen LogP contribution < -0.4 is 0 Å². The molecule has 0 aromatic heterocycles. The number of ether oxygens (including phenoxy) is 4. The maximum Gasteiger partial charge on any atom is 0.186 e. The minimum Gasteiger partial charge on any atom is -0.387 e. The Hall–Kier alpha value is -0.440. The molecule has 0 aromatic rings. The van der Waals surface area contributed by atoms with Gasteiger partial charge in [-0.3, -0.25) is 0 Å². The maximum atomic E-state index is 10.1. The van der Waals surface area contributed by atoms with Crippen molar-refractivity contribution >= 4 is 0 Å². The van der Waals surface area contributed by atoms with Gasteiger partial charge in [-0.15, -0.1) is 0 Å². The zero-order valence-corrected chi connectivity index (χ0v) is 15.5. The van der Waals surface area contributed by atoms with E-state index in [4.69, 9.17) is 18.9 Å². The molecule has 11 heteroatoms. The van der Waals surface area contributed by atoms with Crippen LogP contribution >= 0.6 is 0 Å². The summed E-state index contributed by atoms with van der Waals surface area (Å²) >= 11 is 0. The summed E-state index contributed by atoms with van der Waals surface area (Å²) in [6.45, 7) is 4.90. The van der Waals surface area contributed by atoms with Crippen LogP contribution in [0.3, 0.4) is 0 Å². The predicted molar refractivity (Wildman–Crippen MR) is 87.2 cm³/mol. The highest BCUT2D eigenvalue weighted by Gasteiger charge is 2.47. The second-order valence-corrected chi connectivity index (χ2v) is 7.81. The van der Waals surface area contributed by atoms with Gasteiger partial charge in [-0.05, 0) is 20.8 Å². The lowest BCUT2D eigenvalue weighted by Gasteiger charge is -2.42. The lowest BCUT2D eigenvalue weighted by molar-refractivity contribution is -0.328. The van der Waals surface area contributed by atoms with E-state index in [1.807, 2.05) is 0 Å². The van der Waals surface area contributed by atoms with E-state index in [2.05, 4.69) is 0 Å². The molecule has 11 nitrogen and oxygen atoms in total. The fourth-order valence-corrected chi connectivity index (χ4v) is 2.78. The first-order valence-electron chi connectivity index (χ1n) is 8.75. The maximum absolute atomic E-state index is 10.1. The summed E-state index contributed by atoms with van der Waals surface area (Å²) < 4.78 is 21.3. The predicted octanol–water partition coefficient (Wildman–Crippen LogP) is -3.57. The Balaban J connectivity index is 1.96. The lowest BCUT2D eigenvalue weighted by atomic mass is 9.98. The Morgan fingerprint density at radius 3 is 1.74 bits per heavy atom. The molecule has 7 N–H and O–H groups in total. The molecule has 2 rings (SSSR count). The quantitative estimate of drug-likeness (QED) is 0.243. The highest BCUT2D eigenvalue weighted by molar-refractivity contribution is 4.91. The van der Waals surface area contributed by atoms with Gasteiger partial charge in [0, 0.05) is 0 Å². The zero-order chi connectivity index (χ0) is 20.5. The minimum atomic E-state index is -1.73. The van der Waals surface area contributed by atoms with Crippen LogP contribution in [-0.2, 0) is 18.9 Å². The number of hydrogen-bond acceptors (Lipinski definition) is 11. The summed E-state index contributed by atoms with van der Waals surface area (Å²) in [6.07, 6.45) is -14.8. The molecule has 2 aliphatic heterocycles. The number of rotatable bonds is 5. The van der Waals surface area contributed by atoms with Crippen LogP contribution in [0.2, 0.25) is 0 Å². The third kappa shape index (κ3) is 5.55. The van der Waals surface area contributed by atoms with E-state index in [9.17, 15) is 35.7 Å². The van der Waals surface area contributed by atoms with E-state index in [1.165, 1.54) is 0 Å². The van der Waals surface area contributed by atoms with Gasteiger partial charge in [0.25, 0.3) is 0 Å². The number of hydrogen-bond donors (Lipinski definition) is 7. The van der Waals surface area contributed by atoms with Crippen molar-refractivity contribution in [3.63, 3.8) is 0 Å². The van der Waals surface area contributed by atoms with Crippen LogP contribution in [0.5, 0.6) is 0 Å². The smallest absolute Gasteiger partial charge is 0.186 e. The summed E-state index contributed by atoms with van der Waals surface area (Å²) in [5.74, 6) is 0. The molecular weight excluding hydrogens is 368 g/mol. The molecule has 2 saturated heterocycles. The first kappa shape index (κ1) is 22.8. The van der Waals surface area contributed by atoms with Crippen LogP contribution in [0.1, 0.15) is 20.8 Å². The second-order valence-electron chi connectivity index (χ2n) is 7.81. The average Bonchev–Trinajstić information content (AvgIpc) is 2.59. The summed E-state index contributed by atoms with van der Waals surface area (Å²) in [6, 6.07) is 0. The first-order valence-corrected chi connectivity index (χ1v) is 8.75. The summed E-state index contributed by atoms with van der Waals surface area (Å²) in [7, 11) is 0. The third-order valence-electron chi connectivity index (χ3n) is 4.46. The molecule has 0 radical (unpaired) electrons. The van der Waals surface area contributed by atoms with Crippen molar-refractivity contribution in [2.45, 2.75) is 87.8 Å². The van der Waals surface area contributed by atoms with E-state index >= 15 is 0 Å². The van der Waals surface area contributed by atoms with Gasteiger partial charge in [0.2, 0.25) is 0 Å². The van der Waals surface area contributed by atoms with E-state index in [0.29, 0.717) is 0 Å². The molecule has 2 heterocycles. The van der Waals surface area contributed by atoms with Crippen LogP contribution in [0.25, 0.3) is 0 Å². The standard InChI is InChI=1S/C16H30O11/c1-16(2,3)25-5-7-9(18)11(20)13(22)15(27-7)24-4-6-8(17)10(19)12(21)14(23)26-6/h6-15,17-23H,4-5H2,1-3H3.